The van der Waals surface area contributed by atoms with Crippen molar-refractivity contribution in [3.63, 3.8) is 0 Å². The van der Waals surface area contributed by atoms with Crippen molar-refractivity contribution in [2.24, 2.45) is 11.1 Å². The molecule has 0 unspecified atom stereocenters. The number of carbonyl (C=O) groups is 1. The highest BCUT2D eigenvalue weighted by Gasteiger charge is 2.25. The molecule has 0 saturated carbocycles. The van der Waals surface area contributed by atoms with E-state index in [9.17, 15) is 4.79 Å². The lowest BCUT2D eigenvalue weighted by Crippen LogP contribution is -2.37. The average Bonchev–Trinajstić information content (AvgIpc) is 2.32. The summed E-state index contributed by atoms with van der Waals surface area (Å²) in [5, 5.41) is 0. The first-order chi connectivity index (χ1) is 8.46. The lowest BCUT2D eigenvalue weighted by molar-refractivity contribution is 0.0994. The van der Waals surface area contributed by atoms with E-state index in [4.69, 9.17) is 5.73 Å². The van der Waals surface area contributed by atoms with Gasteiger partial charge in [0.1, 0.15) is 5.69 Å². The van der Waals surface area contributed by atoms with Gasteiger partial charge in [0.2, 0.25) is 0 Å². The molecule has 2 heterocycles. The Morgan fingerprint density at radius 1 is 1.39 bits per heavy atom. The van der Waals surface area contributed by atoms with E-state index in [1.54, 1.807) is 6.07 Å². The molecule has 1 aliphatic rings. The van der Waals surface area contributed by atoms with E-state index in [-0.39, 0.29) is 0 Å². The smallest absolute Gasteiger partial charge is 0.267 e. The van der Waals surface area contributed by atoms with Crippen LogP contribution in [0.5, 0.6) is 0 Å². The van der Waals surface area contributed by atoms with Crippen LogP contribution in [0.15, 0.2) is 18.2 Å². The number of nitrogens with two attached hydrogens (primary N) is 1. The van der Waals surface area contributed by atoms with E-state index < -0.39 is 5.91 Å². The van der Waals surface area contributed by atoms with Crippen molar-refractivity contribution in [1.82, 2.24) is 9.88 Å². The topological polar surface area (TPSA) is 59.2 Å². The fourth-order valence-electron chi connectivity index (χ4n) is 2.25. The van der Waals surface area contributed by atoms with Crippen LogP contribution in [-0.4, -0.2) is 28.9 Å². The van der Waals surface area contributed by atoms with Crippen LogP contribution < -0.4 is 5.73 Å². The Kier molecular flexibility index (Phi) is 3.66. The molecule has 0 aromatic carbocycles. The molecule has 4 heteroatoms. The van der Waals surface area contributed by atoms with E-state index >= 15 is 0 Å². The average molecular weight is 247 g/mol. The predicted molar refractivity (Wildman–Crippen MR) is 71.0 cm³/mol. The summed E-state index contributed by atoms with van der Waals surface area (Å²) in [6.45, 7) is 7.62. The van der Waals surface area contributed by atoms with E-state index in [0.717, 1.165) is 25.3 Å². The Balaban J connectivity index is 1.98. The second kappa shape index (κ2) is 5.06. The predicted octanol–water partition coefficient (Wildman–Crippen LogP) is 1.80. The van der Waals surface area contributed by atoms with Gasteiger partial charge in [-0.1, -0.05) is 19.9 Å². The SMILES string of the molecule is CC1(C)CCN(Cc2cccc(C(N)=O)n2)CC1. The standard InChI is InChI=1S/C14H21N3O/c1-14(2)6-8-17(9-7-14)10-11-4-3-5-12(16-11)13(15)18/h3-5H,6-10H2,1-2H3,(H2,15,18). The molecule has 4 nitrogen and oxygen atoms in total. The van der Waals surface area contributed by atoms with Gasteiger partial charge < -0.3 is 5.73 Å². The molecule has 0 bridgehead atoms. The van der Waals surface area contributed by atoms with E-state index in [2.05, 4.69) is 23.7 Å². The molecule has 1 fully saturated rings. The number of aromatic nitrogens is 1. The Labute approximate surface area is 108 Å². The van der Waals surface area contributed by atoms with E-state index in [0.29, 0.717) is 11.1 Å². The number of nitrogens with zero attached hydrogens (tertiary/aromatic N) is 2. The lowest BCUT2D eigenvalue weighted by Gasteiger charge is -2.36. The first-order valence-corrected chi connectivity index (χ1v) is 6.44. The van der Waals surface area contributed by atoms with Gasteiger partial charge in [0.25, 0.3) is 5.91 Å². The van der Waals surface area contributed by atoms with Gasteiger partial charge in [0.15, 0.2) is 0 Å². The Hall–Kier alpha value is -1.42. The summed E-state index contributed by atoms with van der Waals surface area (Å²) in [6.07, 6.45) is 2.42. The number of piperidine rings is 1. The fraction of sp³-hybridized carbons (Fsp3) is 0.571. The van der Waals surface area contributed by atoms with E-state index in [1.807, 2.05) is 12.1 Å². The maximum atomic E-state index is 11.1. The molecule has 0 spiro atoms. The molecule has 2 rings (SSSR count). The number of amides is 1. The summed E-state index contributed by atoms with van der Waals surface area (Å²) < 4.78 is 0. The Morgan fingerprint density at radius 3 is 2.67 bits per heavy atom. The largest absolute Gasteiger partial charge is 0.364 e. The van der Waals surface area contributed by atoms with Crippen LogP contribution in [0.25, 0.3) is 0 Å². The highest BCUT2D eigenvalue weighted by molar-refractivity contribution is 5.90. The molecule has 98 valence electrons. The van der Waals surface area contributed by atoms with Crippen molar-refractivity contribution < 1.29 is 4.79 Å². The van der Waals surface area contributed by atoms with Crippen molar-refractivity contribution in [3.8, 4) is 0 Å². The second-order valence-corrected chi connectivity index (χ2v) is 5.82. The minimum atomic E-state index is -0.461. The molecule has 0 aliphatic carbocycles. The monoisotopic (exact) mass is 247 g/mol. The quantitative estimate of drug-likeness (QED) is 0.886. The first-order valence-electron chi connectivity index (χ1n) is 6.44. The number of primary amides is 1. The summed E-state index contributed by atoms with van der Waals surface area (Å²) in [5.74, 6) is -0.461. The maximum Gasteiger partial charge on any atom is 0.267 e. The summed E-state index contributed by atoms with van der Waals surface area (Å²) in [4.78, 5) is 17.8. The second-order valence-electron chi connectivity index (χ2n) is 5.82. The fourth-order valence-corrected chi connectivity index (χ4v) is 2.25. The molecule has 1 aromatic heterocycles. The molecule has 1 aliphatic heterocycles. The van der Waals surface area contributed by atoms with Crippen LogP contribution in [0.2, 0.25) is 0 Å². The maximum absolute atomic E-state index is 11.1. The van der Waals surface area contributed by atoms with Gasteiger partial charge in [0, 0.05) is 6.54 Å². The number of carbonyl (C=O) groups excluding carboxylic acids is 1. The third-order valence-electron chi connectivity index (χ3n) is 3.65. The normalized spacial score (nSPS) is 19.7. The number of rotatable bonds is 3. The zero-order chi connectivity index (χ0) is 13.2. The molecule has 18 heavy (non-hydrogen) atoms. The molecule has 1 amide bonds. The minimum absolute atomic E-state index is 0.352. The third-order valence-corrected chi connectivity index (χ3v) is 3.65. The molecule has 1 saturated heterocycles. The molecule has 0 atom stereocenters. The van der Waals surface area contributed by atoms with Gasteiger partial charge >= 0.3 is 0 Å². The van der Waals surface area contributed by atoms with Crippen LogP contribution >= 0.6 is 0 Å². The molecule has 2 N–H and O–H groups in total. The van der Waals surface area contributed by atoms with Crippen LogP contribution in [0, 0.1) is 5.41 Å². The van der Waals surface area contributed by atoms with Crippen molar-refractivity contribution in [2.75, 3.05) is 13.1 Å². The van der Waals surface area contributed by atoms with Gasteiger partial charge in [-0.05, 0) is 43.5 Å². The van der Waals surface area contributed by atoms with Crippen LogP contribution in [-0.2, 0) is 6.54 Å². The Bertz CT molecular complexity index is 432. The molecular formula is C14H21N3O. The van der Waals surface area contributed by atoms with Crippen molar-refractivity contribution in [3.05, 3.63) is 29.6 Å². The summed E-state index contributed by atoms with van der Waals surface area (Å²) in [7, 11) is 0. The van der Waals surface area contributed by atoms with Gasteiger partial charge in [-0.15, -0.1) is 0 Å². The zero-order valence-electron chi connectivity index (χ0n) is 11.1. The van der Waals surface area contributed by atoms with Gasteiger partial charge in [-0.2, -0.15) is 0 Å². The van der Waals surface area contributed by atoms with Crippen LogP contribution in [0.1, 0.15) is 42.9 Å². The minimum Gasteiger partial charge on any atom is -0.364 e. The third kappa shape index (κ3) is 3.29. The highest BCUT2D eigenvalue weighted by atomic mass is 16.1. The Morgan fingerprint density at radius 2 is 2.06 bits per heavy atom. The molecule has 0 radical (unpaired) electrons. The molecule has 1 aromatic rings. The molecular weight excluding hydrogens is 226 g/mol. The summed E-state index contributed by atoms with van der Waals surface area (Å²) >= 11 is 0. The summed E-state index contributed by atoms with van der Waals surface area (Å²) in [5.41, 5.74) is 6.97. The van der Waals surface area contributed by atoms with E-state index in [1.165, 1.54) is 12.8 Å². The van der Waals surface area contributed by atoms with Crippen molar-refractivity contribution in [2.45, 2.75) is 33.2 Å². The van der Waals surface area contributed by atoms with Crippen molar-refractivity contribution in [1.29, 1.82) is 0 Å². The van der Waals surface area contributed by atoms with Gasteiger partial charge in [-0.3, -0.25) is 9.69 Å². The van der Waals surface area contributed by atoms with Crippen LogP contribution in [0.4, 0.5) is 0 Å². The first kappa shape index (κ1) is 13.0. The number of hydrogen-bond donors (Lipinski definition) is 1. The van der Waals surface area contributed by atoms with Crippen LogP contribution in [0.3, 0.4) is 0 Å². The van der Waals surface area contributed by atoms with Gasteiger partial charge in [-0.25, -0.2) is 4.98 Å². The number of pyridine rings is 1. The number of hydrogen-bond acceptors (Lipinski definition) is 3. The van der Waals surface area contributed by atoms with Gasteiger partial charge in [0.05, 0.1) is 5.69 Å². The lowest BCUT2D eigenvalue weighted by atomic mass is 9.83. The summed E-state index contributed by atoms with van der Waals surface area (Å²) in [6, 6.07) is 5.45. The number of likely N-dealkylation sites (tertiary alicyclic amines) is 1. The zero-order valence-corrected chi connectivity index (χ0v) is 11.1. The van der Waals surface area contributed by atoms with Crippen molar-refractivity contribution >= 4 is 5.91 Å². The highest BCUT2D eigenvalue weighted by Crippen LogP contribution is 2.30.